The van der Waals surface area contributed by atoms with E-state index in [0.29, 0.717) is 29.1 Å². The monoisotopic (exact) mass is 356 g/mol. The fourth-order valence-corrected chi connectivity index (χ4v) is 3.16. The molecule has 0 radical (unpaired) electrons. The van der Waals surface area contributed by atoms with Crippen LogP contribution in [0.15, 0.2) is 23.7 Å². The average molecular weight is 356 g/mol. The lowest BCUT2D eigenvalue weighted by molar-refractivity contribution is 0.213. The second-order valence-corrected chi connectivity index (χ2v) is 6.67. The molecule has 130 valence electrons. The first-order chi connectivity index (χ1) is 12.2. The number of piperidine rings is 1. The maximum absolute atomic E-state index is 9.30. The Morgan fingerprint density at radius 1 is 1.28 bits per heavy atom. The molecule has 0 N–H and O–H groups in total. The highest BCUT2D eigenvalue weighted by Crippen LogP contribution is 2.26. The van der Waals surface area contributed by atoms with Gasteiger partial charge in [0.05, 0.1) is 18.5 Å². The van der Waals surface area contributed by atoms with E-state index in [1.807, 2.05) is 13.2 Å². The minimum absolute atomic E-state index is 0.463. The van der Waals surface area contributed by atoms with Crippen LogP contribution < -0.4 is 9.64 Å². The van der Waals surface area contributed by atoms with Crippen LogP contribution in [0.25, 0.3) is 0 Å². The standard InChI is InChI=1S/C17H20N6OS/c1-12-16(20-6-5-19-12)24-11-13-3-7-23(8-4-13)15-14(9-18)10-21-17(22-15)25-2/h5-6,10,13H,3-4,7-8,11H2,1-2H3. The molecule has 8 heteroatoms. The van der Waals surface area contributed by atoms with Crippen molar-refractivity contribution in [1.82, 2.24) is 19.9 Å². The Labute approximate surface area is 151 Å². The summed E-state index contributed by atoms with van der Waals surface area (Å²) in [6, 6.07) is 2.19. The molecule has 0 spiro atoms. The van der Waals surface area contributed by atoms with E-state index < -0.39 is 0 Å². The Bertz CT molecular complexity index is 770. The zero-order valence-electron chi connectivity index (χ0n) is 14.3. The van der Waals surface area contributed by atoms with Gasteiger partial charge in [0.25, 0.3) is 0 Å². The molecule has 0 unspecified atom stereocenters. The van der Waals surface area contributed by atoms with E-state index in [1.54, 1.807) is 18.6 Å². The number of aryl methyl sites for hydroxylation is 1. The summed E-state index contributed by atoms with van der Waals surface area (Å²) in [7, 11) is 0. The number of aromatic nitrogens is 4. The Morgan fingerprint density at radius 2 is 2.04 bits per heavy atom. The van der Waals surface area contributed by atoms with Crippen molar-refractivity contribution in [3.63, 3.8) is 0 Å². The van der Waals surface area contributed by atoms with Gasteiger partial charge in [0.1, 0.15) is 11.6 Å². The molecule has 1 aliphatic heterocycles. The van der Waals surface area contributed by atoms with Gasteiger partial charge in [-0.1, -0.05) is 11.8 Å². The number of nitrogens with zero attached hydrogens (tertiary/aromatic N) is 6. The number of anilines is 1. The molecular formula is C17H20N6OS. The first-order valence-corrected chi connectivity index (χ1v) is 9.40. The molecule has 1 aliphatic rings. The van der Waals surface area contributed by atoms with E-state index in [4.69, 9.17) is 4.74 Å². The van der Waals surface area contributed by atoms with Gasteiger partial charge in [-0.2, -0.15) is 5.26 Å². The van der Waals surface area contributed by atoms with Gasteiger partial charge in [0.15, 0.2) is 11.0 Å². The topological polar surface area (TPSA) is 87.8 Å². The van der Waals surface area contributed by atoms with Gasteiger partial charge >= 0.3 is 0 Å². The SMILES string of the molecule is CSc1ncc(C#N)c(N2CCC(COc3nccnc3C)CC2)n1. The molecular weight excluding hydrogens is 336 g/mol. The fraction of sp³-hybridized carbons (Fsp3) is 0.471. The Balaban J connectivity index is 1.59. The first kappa shape index (κ1) is 17.4. The highest BCUT2D eigenvalue weighted by molar-refractivity contribution is 7.98. The van der Waals surface area contributed by atoms with Crippen LogP contribution in [0.5, 0.6) is 5.88 Å². The number of hydrogen-bond acceptors (Lipinski definition) is 8. The van der Waals surface area contributed by atoms with Gasteiger partial charge in [-0.15, -0.1) is 0 Å². The van der Waals surface area contributed by atoms with E-state index in [1.165, 1.54) is 11.8 Å². The van der Waals surface area contributed by atoms with Gasteiger partial charge in [0.2, 0.25) is 5.88 Å². The molecule has 7 nitrogen and oxygen atoms in total. The van der Waals surface area contributed by atoms with Crippen molar-refractivity contribution in [1.29, 1.82) is 5.26 Å². The molecule has 2 aromatic heterocycles. The lowest BCUT2D eigenvalue weighted by Gasteiger charge is -2.33. The van der Waals surface area contributed by atoms with Crippen LogP contribution in [0.2, 0.25) is 0 Å². The number of hydrogen-bond donors (Lipinski definition) is 0. The van der Waals surface area contributed by atoms with Crippen LogP contribution in [0.4, 0.5) is 5.82 Å². The molecule has 25 heavy (non-hydrogen) atoms. The molecule has 1 saturated heterocycles. The van der Waals surface area contributed by atoms with E-state index in [9.17, 15) is 5.26 Å². The summed E-state index contributed by atoms with van der Waals surface area (Å²) in [5, 5.41) is 10.00. The highest BCUT2D eigenvalue weighted by Gasteiger charge is 2.23. The normalized spacial score (nSPS) is 15.0. The Kier molecular flexibility index (Phi) is 5.66. The summed E-state index contributed by atoms with van der Waals surface area (Å²) in [6.45, 7) is 4.24. The van der Waals surface area contributed by atoms with Crippen LogP contribution >= 0.6 is 11.8 Å². The van der Waals surface area contributed by atoms with Crippen molar-refractivity contribution in [2.24, 2.45) is 5.92 Å². The second-order valence-electron chi connectivity index (χ2n) is 5.89. The van der Waals surface area contributed by atoms with Gasteiger partial charge in [-0.05, 0) is 31.9 Å². The molecule has 0 saturated carbocycles. The van der Waals surface area contributed by atoms with Crippen molar-refractivity contribution in [2.75, 3.05) is 30.9 Å². The minimum Gasteiger partial charge on any atom is -0.476 e. The predicted molar refractivity (Wildman–Crippen MR) is 95.7 cm³/mol. The average Bonchev–Trinajstić information content (AvgIpc) is 2.67. The predicted octanol–water partition coefficient (Wildman–Crippen LogP) is 2.46. The lowest BCUT2D eigenvalue weighted by atomic mass is 9.97. The summed E-state index contributed by atoms with van der Waals surface area (Å²) in [5.74, 6) is 1.81. The summed E-state index contributed by atoms with van der Waals surface area (Å²) in [4.78, 5) is 19.3. The summed E-state index contributed by atoms with van der Waals surface area (Å²) < 4.78 is 5.83. The van der Waals surface area contributed by atoms with Crippen LogP contribution in [0.3, 0.4) is 0 Å². The lowest BCUT2D eigenvalue weighted by Crippen LogP contribution is -2.36. The Morgan fingerprint density at radius 3 is 2.72 bits per heavy atom. The van der Waals surface area contributed by atoms with Crippen molar-refractivity contribution in [2.45, 2.75) is 24.9 Å². The van der Waals surface area contributed by atoms with Gasteiger partial charge in [-0.3, -0.25) is 4.98 Å². The third-order valence-electron chi connectivity index (χ3n) is 4.26. The molecule has 0 atom stereocenters. The number of nitriles is 1. The van der Waals surface area contributed by atoms with Gasteiger partial charge in [0, 0.05) is 25.5 Å². The Hall–Kier alpha value is -2.40. The fourth-order valence-electron chi connectivity index (χ4n) is 2.82. The molecule has 0 bridgehead atoms. The highest BCUT2D eigenvalue weighted by atomic mass is 32.2. The second kappa shape index (κ2) is 8.12. The molecule has 0 aliphatic carbocycles. The van der Waals surface area contributed by atoms with E-state index >= 15 is 0 Å². The molecule has 2 aromatic rings. The molecule has 3 heterocycles. The summed E-state index contributed by atoms with van der Waals surface area (Å²) in [6.07, 6.45) is 8.83. The zero-order valence-corrected chi connectivity index (χ0v) is 15.2. The van der Waals surface area contributed by atoms with E-state index in [-0.39, 0.29) is 0 Å². The quantitative estimate of drug-likeness (QED) is 0.596. The molecule has 0 amide bonds. The maximum atomic E-state index is 9.30. The molecule has 3 rings (SSSR count). The van der Waals surface area contributed by atoms with Crippen LogP contribution in [0.1, 0.15) is 24.1 Å². The third-order valence-corrected chi connectivity index (χ3v) is 4.82. The number of ether oxygens (including phenoxy) is 1. The van der Waals surface area contributed by atoms with E-state index in [0.717, 1.165) is 37.4 Å². The smallest absolute Gasteiger partial charge is 0.235 e. The van der Waals surface area contributed by atoms with Crippen molar-refractivity contribution < 1.29 is 4.74 Å². The minimum atomic E-state index is 0.463. The third kappa shape index (κ3) is 4.17. The van der Waals surface area contributed by atoms with Gasteiger partial charge < -0.3 is 9.64 Å². The number of rotatable bonds is 5. The van der Waals surface area contributed by atoms with Crippen molar-refractivity contribution >= 4 is 17.6 Å². The first-order valence-electron chi connectivity index (χ1n) is 8.17. The van der Waals surface area contributed by atoms with Crippen molar-refractivity contribution in [3.05, 3.63) is 29.8 Å². The van der Waals surface area contributed by atoms with Crippen molar-refractivity contribution in [3.8, 4) is 11.9 Å². The maximum Gasteiger partial charge on any atom is 0.235 e. The zero-order chi connectivity index (χ0) is 17.6. The summed E-state index contributed by atoms with van der Waals surface area (Å²) >= 11 is 1.48. The summed E-state index contributed by atoms with van der Waals surface area (Å²) in [5.41, 5.74) is 1.34. The van der Waals surface area contributed by atoms with E-state index in [2.05, 4.69) is 30.9 Å². The molecule has 1 fully saturated rings. The van der Waals surface area contributed by atoms with Gasteiger partial charge in [-0.25, -0.2) is 15.0 Å². The molecule has 0 aromatic carbocycles. The van der Waals surface area contributed by atoms with Crippen LogP contribution in [0, 0.1) is 24.2 Å². The van der Waals surface area contributed by atoms with Crippen LogP contribution in [-0.2, 0) is 0 Å². The number of thioether (sulfide) groups is 1. The largest absolute Gasteiger partial charge is 0.476 e. The van der Waals surface area contributed by atoms with Crippen LogP contribution in [-0.4, -0.2) is 45.9 Å².